The molecule has 0 radical (unpaired) electrons. The topological polar surface area (TPSA) is 45.8 Å². The molecule has 0 aliphatic heterocycles. The van der Waals surface area contributed by atoms with Crippen molar-refractivity contribution < 1.29 is 13.2 Å². The Morgan fingerprint density at radius 1 is 1.00 bits per heavy atom. The van der Waals surface area contributed by atoms with Gasteiger partial charge >= 0.3 is 6.18 Å². The Bertz CT molecular complexity index is 552. The lowest BCUT2D eigenvalue weighted by molar-refractivity contribution is -0.137. The van der Waals surface area contributed by atoms with E-state index in [0.29, 0.717) is 11.3 Å². The van der Waals surface area contributed by atoms with Gasteiger partial charge in [-0.25, -0.2) is 5.10 Å². The van der Waals surface area contributed by atoms with Crippen molar-refractivity contribution in [2.45, 2.75) is 6.18 Å². The second kappa shape index (κ2) is 4.04. The van der Waals surface area contributed by atoms with Gasteiger partial charge < -0.3 is 0 Å². The van der Waals surface area contributed by atoms with E-state index in [0.717, 1.165) is 12.1 Å². The quantitative estimate of drug-likeness (QED) is 0.832. The minimum absolute atomic E-state index is 0.360. The summed E-state index contributed by atoms with van der Waals surface area (Å²) in [5, 5.41) is 5.94. The highest BCUT2D eigenvalue weighted by atomic mass is 19.4. The molecule has 0 aliphatic carbocycles. The molecule has 0 spiro atoms. The van der Waals surface area contributed by atoms with Crippen molar-refractivity contribution in [3.05, 3.63) is 52.3 Å². The van der Waals surface area contributed by atoms with Gasteiger partial charge in [0.25, 0.3) is 5.56 Å². The fraction of sp³-hybridized carbons (Fsp3) is 0.0909. The van der Waals surface area contributed by atoms with Crippen LogP contribution >= 0.6 is 0 Å². The van der Waals surface area contributed by atoms with Gasteiger partial charge in [0.05, 0.1) is 11.3 Å². The van der Waals surface area contributed by atoms with Gasteiger partial charge in [0.2, 0.25) is 0 Å². The van der Waals surface area contributed by atoms with E-state index in [1.807, 2.05) is 0 Å². The minimum atomic E-state index is -4.35. The van der Waals surface area contributed by atoms with E-state index in [1.54, 1.807) is 0 Å². The molecule has 0 unspecified atom stereocenters. The van der Waals surface area contributed by atoms with E-state index in [2.05, 4.69) is 10.2 Å². The first-order chi connectivity index (χ1) is 7.97. The molecule has 0 saturated carbocycles. The van der Waals surface area contributed by atoms with E-state index in [4.69, 9.17) is 0 Å². The molecule has 2 rings (SSSR count). The highest BCUT2D eigenvalue weighted by Gasteiger charge is 2.29. The third kappa shape index (κ3) is 2.52. The highest BCUT2D eigenvalue weighted by molar-refractivity contribution is 5.58. The molecule has 0 bridgehead atoms. The van der Waals surface area contributed by atoms with Crippen LogP contribution in [0.15, 0.2) is 41.2 Å². The van der Waals surface area contributed by atoms with Gasteiger partial charge in [-0.3, -0.25) is 4.79 Å². The number of rotatable bonds is 1. The van der Waals surface area contributed by atoms with Gasteiger partial charge in [-0.15, -0.1) is 0 Å². The first-order valence-corrected chi connectivity index (χ1v) is 4.70. The normalized spacial score (nSPS) is 11.5. The monoisotopic (exact) mass is 240 g/mol. The van der Waals surface area contributed by atoms with Gasteiger partial charge in [-0.05, 0) is 18.2 Å². The molecule has 0 atom stereocenters. The lowest BCUT2D eigenvalue weighted by Gasteiger charge is -2.06. The summed E-state index contributed by atoms with van der Waals surface area (Å²) in [6.07, 6.45) is -4.35. The number of benzene rings is 1. The van der Waals surface area contributed by atoms with Gasteiger partial charge in [0.15, 0.2) is 0 Å². The molecule has 0 aliphatic rings. The van der Waals surface area contributed by atoms with Crippen LogP contribution in [0.1, 0.15) is 5.56 Å². The van der Waals surface area contributed by atoms with E-state index < -0.39 is 11.7 Å². The van der Waals surface area contributed by atoms with Crippen LogP contribution in [-0.2, 0) is 6.18 Å². The zero-order chi connectivity index (χ0) is 12.5. The van der Waals surface area contributed by atoms with Crippen LogP contribution in [0.4, 0.5) is 13.2 Å². The Morgan fingerprint density at radius 2 is 1.65 bits per heavy atom. The molecule has 6 heteroatoms. The summed E-state index contributed by atoms with van der Waals surface area (Å²) in [6.45, 7) is 0. The zero-order valence-corrected chi connectivity index (χ0v) is 8.45. The van der Waals surface area contributed by atoms with Crippen LogP contribution < -0.4 is 5.56 Å². The Kier molecular flexibility index (Phi) is 2.71. The summed E-state index contributed by atoms with van der Waals surface area (Å²) in [5.41, 5.74) is -0.154. The SMILES string of the molecule is O=c1ccc(-c2ccc(C(F)(F)F)cc2)n[nH]1. The summed E-state index contributed by atoms with van der Waals surface area (Å²) in [6, 6.07) is 7.28. The summed E-state index contributed by atoms with van der Waals surface area (Å²) in [4.78, 5) is 10.8. The van der Waals surface area contributed by atoms with Crippen molar-refractivity contribution in [3.63, 3.8) is 0 Å². The Morgan fingerprint density at radius 3 is 2.12 bits per heavy atom. The molecule has 1 aromatic heterocycles. The van der Waals surface area contributed by atoms with Crippen molar-refractivity contribution in [3.8, 4) is 11.3 Å². The second-order valence-corrected chi connectivity index (χ2v) is 3.38. The van der Waals surface area contributed by atoms with Crippen LogP contribution in [0, 0.1) is 0 Å². The average Bonchev–Trinajstić information content (AvgIpc) is 2.29. The number of hydrogen-bond donors (Lipinski definition) is 1. The minimum Gasteiger partial charge on any atom is -0.268 e. The van der Waals surface area contributed by atoms with Crippen LogP contribution in [0.3, 0.4) is 0 Å². The molecule has 0 fully saturated rings. The number of alkyl halides is 3. The maximum absolute atomic E-state index is 12.3. The molecule has 0 saturated heterocycles. The molecule has 0 amide bonds. The maximum Gasteiger partial charge on any atom is 0.416 e. The number of aromatic nitrogens is 2. The fourth-order valence-electron chi connectivity index (χ4n) is 1.34. The number of nitrogens with zero attached hydrogens (tertiary/aromatic N) is 1. The van der Waals surface area contributed by atoms with Crippen molar-refractivity contribution >= 4 is 0 Å². The van der Waals surface area contributed by atoms with Crippen molar-refractivity contribution in [1.82, 2.24) is 10.2 Å². The van der Waals surface area contributed by atoms with Gasteiger partial charge in [0.1, 0.15) is 0 Å². The third-order valence-corrected chi connectivity index (χ3v) is 2.19. The van der Waals surface area contributed by atoms with Crippen LogP contribution in [0.25, 0.3) is 11.3 Å². The Balaban J connectivity index is 2.36. The fourth-order valence-corrected chi connectivity index (χ4v) is 1.34. The second-order valence-electron chi connectivity index (χ2n) is 3.38. The largest absolute Gasteiger partial charge is 0.416 e. The summed E-state index contributed by atoms with van der Waals surface area (Å²) in [5.74, 6) is 0. The summed E-state index contributed by atoms with van der Waals surface area (Å²) >= 11 is 0. The number of H-pyrrole nitrogens is 1. The van der Waals surface area contributed by atoms with Crippen molar-refractivity contribution in [1.29, 1.82) is 0 Å². The van der Waals surface area contributed by atoms with E-state index in [1.165, 1.54) is 24.3 Å². The highest BCUT2D eigenvalue weighted by Crippen LogP contribution is 2.30. The van der Waals surface area contributed by atoms with Gasteiger partial charge in [-0.1, -0.05) is 12.1 Å². The standard InChI is InChI=1S/C11H7F3N2O/c12-11(13,14)8-3-1-7(2-4-8)9-5-6-10(17)16-15-9/h1-6H,(H,16,17). The lowest BCUT2D eigenvalue weighted by atomic mass is 10.1. The molecular weight excluding hydrogens is 233 g/mol. The smallest absolute Gasteiger partial charge is 0.268 e. The summed E-state index contributed by atoms with van der Waals surface area (Å²) < 4.78 is 36.9. The molecule has 88 valence electrons. The van der Waals surface area contributed by atoms with Crippen molar-refractivity contribution in [2.24, 2.45) is 0 Å². The predicted molar refractivity (Wildman–Crippen MR) is 55.3 cm³/mol. The maximum atomic E-state index is 12.3. The van der Waals surface area contributed by atoms with E-state index in [9.17, 15) is 18.0 Å². The zero-order valence-electron chi connectivity index (χ0n) is 8.45. The summed E-state index contributed by atoms with van der Waals surface area (Å²) in [7, 11) is 0. The van der Waals surface area contributed by atoms with Crippen LogP contribution in [-0.4, -0.2) is 10.2 Å². The van der Waals surface area contributed by atoms with Gasteiger partial charge in [-0.2, -0.15) is 18.3 Å². The van der Waals surface area contributed by atoms with Crippen molar-refractivity contribution in [2.75, 3.05) is 0 Å². The third-order valence-electron chi connectivity index (χ3n) is 2.19. The van der Waals surface area contributed by atoms with E-state index >= 15 is 0 Å². The molecule has 17 heavy (non-hydrogen) atoms. The molecule has 1 aromatic carbocycles. The van der Waals surface area contributed by atoms with Crippen LogP contribution in [0.2, 0.25) is 0 Å². The predicted octanol–water partition coefficient (Wildman–Crippen LogP) is 2.46. The Labute approximate surface area is 93.9 Å². The number of nitrogens with one attached hydrogen (secondary N) is 1. The average molecular weight is 240 g/mol. The molecular formula is C11H7F3N2O. The Hall–Kier alpha value is -2.11. The first kappa shape index (κ1) is 11.4. The van der Waals surface area contributed by atoms with Gasteiger partial charge in [0, 0.05) is 11.6 Å². The van der Waals surface area contributed by atoms with E-state index in [-0.39, 0.29) is 5.56 Å². The molecule has 1 heterocycles. The lowest BCUT2D eigenvalue weighted by Crippen LogP contribution is -2.06. The number of aromatic amines is 1. The molecule has 3 nitrogen and oxygen atoms in total. The van der Waals surface area contributed by atoms with Crippen LogP contribution in [0.5, 0.6) is 0 Å². The molecule has 2 aromatic rings. The number of hydrogen-bond acceptors (Lipinski definition) is 2. The number of halogens is 3. The molecule has 1 N–H and O–H groups in total. The first-order valence-electron chi connectivity index (χ1n) is 4.70.